The molecule has 4 heteroatoms. The maximum Gasteiger partial charge on any atom is 0.337 e. The molecule has 0 aromatic heterocycles. The first-order valence-electron chi connectivity index (χ1n) is 5.41. The molecule has 0 aliphatic rings. The molecule has 1 rings (SSSR count). The van der Waals surface area contributed by atoms with E-state index >= 15 is 0 Å². The SMILES string of the molecule is COCC(C)(O)C#Cc1ccc(C(=O)OC)cc1. The van der Waals surface area contributed by atoms with Crippen LogP contribution in [0.2, 0.25) is 0 Å². The third-order valence-electron chi connectivity index (χ3n) is 2.21. The normalized spacial score (nSPS) is 13.1. The smallest absolute Gasteiger partial charge is 0.337 e. The monoisotopic (exact) mass is 248 g/mol. The van der Waals surface area contributed by atoms with E-state index in [9.17, 15) is 9.90 Å². The predicted octanol–water partition coefficient (Wildman–Crippen LogP) is 1.22. The number of carbonyl (C=O) groups is 1. The van der Waals surface area contributed by atoms with Gasteiger partial charge in [0.1, 0.15) is 5.60 Å². The van der Waals surface area contributed by atoms with Crippen LogP contribution in [-0.2, 0) is 9.47 Å². The fourth-order valence-corrected chi connectivity index (χ4v) is 1.33. The zero-order valence-corrected chi connectivity index (χ0v) is 10.7. The van der Waals surface area contributed by atoms with Crippen LogP contribution in [-0.4, -0.2) is 37.5 Å². The average Bonchev–Trinajstić information content (AvgIpc) is 2.36. The van der Waals surface area contributed by atoms with Crippen LogP contribution in [0.4, 0.5) is 0 Å². The molecule has 0 saturated carbocycles. The van der Waals surface area contributed by atoms with Crippen LogP contribution in [0.25, 0.3) is 0 Å². The largest absolute Gasteiger partial charge is 0.465 e. The van der Waals surface area contributed by atoms with Gasteiger partial charge in [-0.2, -0.15) is 0 Å². The number of esters is 1. The van der Waals surface area contributed by atoms with Crippen molar-refractivity contribution < 1.29 is 19.4 Å². The summed E-state index contributed by atoms with van der Waals surface area (Å²) in [6.07, 6.45) is 0. The van der Waals surface area contributed by atoms with Gasteiger partial charge in [-0.05, 0) is 31.2 Å². The Morgan fingerprint density at radius 3 is 2.44 bits per heavy atom. The highest BCUT2D eigenvalue weighted by Crippen LogP contribution is 2.06. The van der Waals surface area contributed by atoms with Gasteiger partial charge in [0.15, 0.2) is 0 Å². The van der Waals surface area contributed by atoms with Gasteiger partial charge in [0.25, 0.3) is 0 Å². The minimum absolute atomic E-state index is 0.139. The second kappa shape index (κ2) is 6.20. The van der Waals surface area contributed by atoms with Gasteiger partial charge in [-0.25, -0.2) is 4.79 Å². The van der Waals surface area contributed by atoms with E-state index in [2.05, 4.69) is 16.6 Å². The maximum atomic E-state index is 11.2. The van der Waals surface area contributed by atoms with Gasteiger partial charge in [0.2, 0.25) is 0 Å². The Kier molecular flexibility index (Phi) is 4.90. The van der Waals surface area contributed by atoms with Crippen LogP contribution in [0.3, 0.4) is 0 Å². The Morgan fingerprint density at radius 2 is 1.94 bits per heavy atom. The number of hydrogen-bond acceptors (Lipinski definition) is 4. The fraction of sp³-hybridized carbons (Fsp3) is 0.357. The summed E-state index contributed by atoms with van der Waals surface area (Å²) in [7, 11) is 2.83. The summed E-state index contributed by atoms with van der Waals surface area (Å²) in [6, 6.07) is 6.64. The molecule has 18 heavy (non-hydrogen) atoms. The molecular weight excluding hydrogens is 232 g/mol. The fourth-order valence-electron chi connectivity index (χ4n) is 1.33. The first-order valence-corrected chi connectivity index (χ1v) is 5.41. The molecule has 1 unspecified atom stereocenters. The first-order chi connectivity index (χ1) is 8.48. The zero-order chi connectivity index (χ0) is 13.6. The molecule has 0 aliphatic carbocycles. The quantitative estimate of drug-likeness (QED) is 0.645. The van der Waals surface area contributed by atoms with Crippen molar-refractivity contribution in [1.82, 2.24) is 0 Å². The Bertz CT molecular complexity index is 463. The Morgan fingerprint density at radius 1 is 1.33 bits per heavy atom. The van der Waals surface area contributed by atoms with Gasteiger partial charge in [0.05, 0.1) is 19.3 Å². The minimum Gasteiger partial charge on any atom is -0.465 e. The lowest BCUT2D eigenvalue weighted by atomic mass is 10.1. The highest BCUT2D eigenvalue weighted by Gasteiger charge is 2.15. The average molecular weight is 248 g/mol. The summed E-state index contributed by atoms with van der Waals surface area (Å²) < 4.78 is 9.44. The molecule has 1 atom stereocenters. The predicted molar refractivity (Wildman–Crippen MR) is 67.2 cm³/mol. The van der Waals surface area contributed by atoms with E-state index in [4.69, 9.17) is 4.74 Å². The number of aliphatic hydroxyl groups is 1. The number of carbonyl (C=O) groups excluding carboxylic acids is 1. The van der Waals surface area contributed by atoms with Gasteiger partial charge in [-0.3, -0.25) is 0 Å². The van der Waals surface area contributed by atoms with Gasteiger partial charge in [-0.1, -0.05) is 11.8 Å². The van der Waals surface area contributed by atoms with Crippen LogP contribution in [0, 0.1) is 11.8 Å². The number of rotatable bonds is 3. The topological polar surface area (TPSA) is 55.8 Å². The lowest BCUT2D eigenvalue weighted by molar-refractivity contribution is 0.0274. The van der Waals surface area contributed by atoms with E-state index < -0.39 is 5.60 Å². The number of benzene rings is 1. The van der Waals surface area contributed by atoms with Gasteiger partial charge in [0, 0.05) is 12.7 Å². The maximum absolute atomic E-state index is 11.2. The van der Waals surface area contributed by atoms with Crippen molar-refractivity contribution in [2.45, 2.75) is 12.5 Å². The van der Waals surface area contributed by atoms with Crippen molar-refractivity contribution in [2.75, 3.05) is 20.8 Å². The third kappa shape index (κ3) is 4.21. The van der Waals surface area contributed by atoms with E-state index in [-0.39, 0.29) is 12.6 Å². The molecule has 96 valence electrons. The van der Waals surface area contributed by atoms with E-state index in [1.807, 2.05) is 0 Å². The Labute approximate surface area is 107 Å². The molecule has 0 spiro atoms. The van der Waals surface area contributed by atoms with E-state index in [0.717, 1.165) is 0 Å². The van der Waals surface area contributed by atoms with Crippen molar-refractivity contribution >= 4 is 5.97 Å². The number of ether oxygens (including phenoxy) is 2. The second-order valence-corrected chi connectivity index (χ2v) is 4.03. The first kappa shape index (κ1) is 14.2. The van der Waals surface area contributed by atoms with Crippen molar-refractivity contribution in [3.05, 3.63) is 35.4 Å². The standard InChI is InChI=1S/C14H16O4/c1-14(16,10-17-2)9-8-11-4-6-12(7-5-11)13(15)18-3/h4-7,16H,10H2,1-3H3. The minimum atomic E-state index is -1.18. The Hall–Kier alpha value is -1.83. The molecule has 0 heterocycles. The van der Waals surface area contributed by atoms with Crippen LogP contribution >= 0.6 is 0 Å². The van der Waals surface area contributed by atoms with E-state index in [1.165, 1.54) is 14.2 Å². The van der Waals surface area contributed by atoms with Gasteiger partial charge >= 0.3 is 5.97 Å². The summed E-state index contributed by atoms with van der Waals surface area (Å²) in [6.45, 7) is 1.71. The molecule has 0 radical (unpaired) electrons. The summed E-state index contributed by atoms with van der Waals surface area (Å²) in [5.41, 5.74) is -0.0128. The molecule has 0 bridgehead atoms. The summed E-state index contributed by atoms with van der Waals surface area (Å²) in [5.74, 6) is 5.14. The van der Waals surface area contributed by atoms with Crippen molar-refractivity contribution in [3.8, 4) is 11.8 Å². The highest BCUT2D eigenvalue weighted by molar-refractivity contribution is 5.89. The van der Waals surface area contributed by atoms with Crippen LogP contribution in [0.5, 0.6) is 0 Å². The number of hydrogen-bond donors (Lipinski definition) is 1. The van der Waals surface area contributed by atoms with Gasteiger partial charge in [-0.15, -0.1) is 0 Å². The van der Waals surface area contributed by atoms with Crippen LogP contribution in [0.1, 0.15) is 22.8 Å². The van der Waals surface area contributed by atoms with Crippen molar-refractivity contribution in [2.24, 2.45) is 0 Å². The molecular formula is C14H16O4. The highest BCUT2D eigenvalue weighted by atomic mass is 16.5. The molecule has 0 aliphatic heterocycles. The van der Waals surface area contributed by atoms with Crippen LogP contribution in [0.15, 0.2) is 24.3 Å². The zero-order valence-electron chi connectivity index (χ0n) is 10.7. The molecule has 1 aromatic rings. The van der Waals surface area contributed by atoms with Gasteiger partial charge < -0.3 is 14.6 Å². The third-order valence-corrected chi connectivity index (χ3v) is 2.21. The Balaban J connectivity index is 2.81. The van der Waals surface area contributed by atoms with E-state index in [0.29, 0.717) is 11.1 Å². The van der Waals surface area contributed by atoms with Crippen LogP contribution < -0.4 is 0 Å². The lowest BCUT2D eigenvalue weighted by Crippen LogP contribution is -2.27. The number of methoxy groups -OCH3 is 2. The van der Waals surface area contributed by atoms with Crippen molar-refractivity contribution in [1.29, 1.82) is 0 Å². The second-order valence-electron chi connectivity index (χ2n) is 4.03. The summed E-state index contributed by atoms with van der Waals surface area (Å²) in [5, 5.41) is 9.78. The molecule has 0 saturated heterocycles. The molecule has 4 nitrogen and oxygen atoms in total. The summed E-state index contributed by atoms with van der Waals surface area (Å²) >= 11 is 0. The molecule has 0 amide bonds. The van der Waals surface area contributed by atoms with E-state index in [1.54, 1.807) is 31.2 Å². The lowest BCUT2D eigenvalue weighted by Gasteiger charge is -2.13. The molecule has 1 N–H and O–H groups in total. The van der Waals surface area contributed by atoms with Crippen molar-refractivity contribution in [3.63, 3.8) is 0 Å². The molecule has 1 aromatic carbocycles. The summed E-state index contributed by atoms with van der Waals surface area (Å²) in [4.78, 5) is 11.2. The molecule has 0 fully saturated rings.